The second-order valence-electron chi connectivity index (χ2n) is 7.59. The number of hydrogen-bond acceptors (Lipinski definition) is 3. The van der Waals surface area contributed by atoms with Crippen LogP contribution in [0.5, 0.6) is 0 Å². The Morgan fingerprint density at radius 3 is 2.25 bits per heavy atom. The molecule has 2 saturated carbocycles. The predicted octanol–water partition coefficient (Wildman–Crippen LogP) is 1.74. The van der Waals surface area contributed by atoms with Gasteiger partial charge < -0.3 is 14.9 Å². The summed E-state index contributed by atoms with van der Waals surface area (Å²) in [6.07, 6.45) is 7.21. The highest BCUT2D eigenvalue weighted by Crippen LogP contribution is 2.56. The molecule has 0 spiro atoms. The van der Waals surface area contributed by atoms with Gasteiger partial charge in [0.15, 0.2) is 0 Å². The van der Waals surface area contributed by atoms with Crippen molar-refractivity contribution in [3.63, 3.8) is 0 Å². The summed E-state index contributed by atoms with van der Waals surface area (Å²) in [6.45, 7) is 2.55. The summed E-state index contributed by atoms with van der Waals surface area (Å²) in [6, 6.07) is -0.0714. The summed E-state index contributed by atoms with van der Waals surface area (Å²) >= 11 is 0. The maximum Gasteiger partial charge on any atom is 0.323 e. The summed E-state index contributed by atoms with van der Waals surface area (Å²) in [5.41, 5.74) is 0. The number of likely N-dealkylation sites (tertiary alicyclic amines) is 1. The molecule has 0 bridgehead atoms. The normalized spacial score (nSPS) is 32.5. The number of carboxylic acid groups (broad SMARTS) is 1. The molecule has 1 N–H and O–H groups in total. The number of amides is 2. The summed E-state index contributed by atoms with van der Waals surface area (Å²) in [7, 11) is 0. The molecule has 6 nitrogen and oxygen atoms in total. The third-order valence-corrected chi connectivity index (χ3v) is 6.10. The Balaban J connectivity index is 1.57. The van der Waals surface area contributed by atoms with Gasteiger partial charge in [0, 0.05) is 32.0 Å². The van der Waals surface area contributed by atoms with E-state index < -0.39 is 5.97 Å². The number of nitrogens with zero attached hydrogens (tertiary/aromatic N) is 2. The number of carbonyl (C=O) groups is 3. The van der Waals surface area contributed by atoms with Gasteiger partial charge in [0.2, 0.25) is 11.8 Å². The third kappa shape index (κ3) is 3.57. The molecule has 0 radical (unpaired) electrons. The number of rotatable bonds is 4. The quantitative estimate of drug-likeness (QED) is 0.848. The lowest BCUT2D eigenvalue weighted by Gasteiger charge is -2.29. The molecule has 1 heterocycles. The van der Waals surface area contributed by atoms with Crippen molar-refractivity contribution in [1.82, 2.24) is 9.80 Å². The molecule has 3 unspecified atom stereocenters. The molecule has 2 amide bonds. The van der Waals surface area contributed by atoms with E-state index in [9.17, 15) is 14.4 Å². The summed E-state index contributed by atoms with van der Waals surface area (Å²) in [5.74, 6) is 0.601. The number of hydrogen-bond donors (Lipinski definition) is 1. The van der Waals surface area contributed by atoms with Gasteiger partial charge in [0.25, 0.3) is 0 Å². The van der Waals surface area contributed by atoms with Gasteiger partial charge in [-0.15, -0.1) is 0 Å². The molecular formula is C18H28N2O4. The monoisotopic (exact) mass is 336 g/mol. The van der Waals surface area contributed by atoms with Gasteiger partial charge in [-0.3, -0.25) is 14.4 Å². The zero-order chi connectivity index (χ0) is 17.3. The predicted molar refractivity (Wildman–Crippen MR) is 88.2 cm³/mol. The molecule has 2 aliphatic carbocycles. The van der Waals surface area contributed by atoms with Gasteiger partial charge in [-0.25, -0.2) is 0 Å². The Labute approximate surface area is 143 Å². The second-order valence-corrected chi connectivity index (χ2v) is 7.59. The molecule has 3 fully saturated rings. The lowest BCUT2D eigenvalue weighted by molar-refractivity contribution is -0.145. The van der Waals surface area contributed by atoms with Crippen LogP contribution in [-0.2, 0) is 14.4 Å². The molecule has 1 saturated heterocycles. The Bertz CT molecular complexity index is 509. The Hall–Kier alpha value is -1.59. The zero-order valence-electron chi connectivity index (χ0n) is 14.4. The molecule has 0 aromatic rings. The van der Waals surface area contributed by atoms with E-state index in [0.717, 1.165) is 19.4 Å². The summed E-state index contributed by atoms with van der Waals surface area (Å²) in [5, 5.41) is 9.02. The third-order valence-electron chi connectivity index (χ3n) is 6.10. The van der Waals surface area contributed by atoms with Crippen molar-refractivity contribution in [2.24, 2.45) is 17.8 Å². The lowest BCUT2D eigenvalue weighted by Crippen LogP contribution is -2.43. The van der Waals surface area contributed by atoms with E-state index in [2.05, 4.69) is 0 Å². The first-order chi connectivity index (χ1) is 11.5. The van der Waals surface area contributed by atoms with Crippen LogP contribution in [0.25, 0.3) is 0 Å². The van der Waals surface area contributed by atoms with Gasteiger partial charge in [0.05, 0.1) is 0 Å². The molecular weight excluding hydrogens is 308 g/mol. The summed E-state index contributed by atoms with van der Waals surface area (Å²) < 4.78 is 0. The highest BCUT2D eigenvalue weighted by molar-refractivity contribution is 5.82. The molecule has 3 atom stereocenters. The fourth-order valence-corrected chi connectivity index (χ4v) is 4.82. The lowest BCUT2D eigenvalue weighted by atomic mass is 10.0. The molecule has 3 aliphatic rings. The first kappa shape index (κ1) is 17.2. The van der Waals surface area contributed by atoms with Crippen LogP contribution in [0.3, 0.4) is 0 Å². The van der Waals surface area contributed by atoms with E-state index in [1.165, 1.54) is 37.5 Å². The molecule has 3 rings (SSSR count). The maximum atomic E-state index is 12.8. The smallest absolute Gasteiger partial charge is 0.323 e. The largest absolute Gasteiger partial charge is 0.480 e. The van der Waals surface area contributed by atoms with Crippen LogP contribution in [0, 0.1) is 17.8 Å². The van der Waals surface area contributed by atoms with E-state index in [4.69, 9.17) is 5.11 Å². The molecule has 134 valence electrons. The number of fused-ring (bicyclic) bond motifs is 1. The molecule has 0 aromatic heterocycles. The second kappa shape index (κ2) is 7.11. The molecule has 1 aliphatic heterocycles. The topological polar surface area (TPSA) is 77.9 Å². The fraction of sp³-hybridized carbons (Fsp3) is 0.833. The average molecular weight is 336 g/mol. The van der Waals surface area contributed by atoms with Gasteiger partial charge in [0.1, 0.15) is 6.54 Å². The van der Waals surface area contributed by atoms with Crippen molar-refractivity contribution in [2.45, 2.75) is 57.9 Å². The number of carboxylic acids is 1. The minimum Gasteiger partial charge on any atom is -0.480 e. The van der Waals surface area contributed by atoms with Gasteiger partial charge in [-0.2, -0.15) is 0 Å². The van der Waals surface area contributed by atoms with Gasteiger partial charge in [-0.05, 0) is 43.9 Å². The SMILES string of the molecule is CC(=O)N(CC(=O)O)C1CCCN(C(=O)C2C3CCCCC32)CC1. The Kier molecular flexibility index (Phi) is 5.11. The van der Waals surface area contributed by atoms with Crippen molar-refractivity contribution in [3.05, 3.63) is 0 Å². The van der Waals surface area contributed by atoms with E-state index >= 15 is 0 Å². The standard InChI is InChI=1S/C18H28N2O4/c1-12(21)20(11-16(22)23)13-5-4-9-19(10-8-13)18(24)17-14-6-2-3-7-15(14)17/h13-15,17H,2-11H2,1H3,(H,22,23). The van der Waals surface area contributed by atoms with E-state index in [0.29, 0.717) is 30.7 Å². The fourth-order valence-electron chi connectivity index (χ4n) is 4.82. The van der Waals surface area contributed by atoms with Crippen LogP contribution < -0.4 is 0 Å². The van der Waals surface area contributed by atoms with Crippen molar-refractivity contribution in [1.29, 1.82) is 0 Å². The van der Waals surface area contributed by atoms with Crippen LogP contribution in [0.1, 0.15) is 51.9 Å². The van der Waals surface area contributed by atoms with Gasteiger partial charge in [-0.1, -0.05) is 12.8 Å². The minimum absolute atomic E-state index is 0.0714. The van der Waals surface area contributed by atoms with Crippen LogP contribution in [-0.4, -0.2) is 58.4 Å². The number of carbonyl (C=O) groups excluding carboxylic acids is 2. The first-order valence-corrected chi connectivity index (χ1v) is 9.27. The first-order valence-electron chi connectivity index (χ1n) is 9.27. The minimum atomic E-state index is -0.982. The zero-order valence-corrected chi connectivity index (χ0v) is 14.4. The number of aliphatic carboxylic acids is 1. The van der Waals surface area contributed by atoms with Gasteiger partial charge >= 0.3 is 5.97 Å². The average Bonchev–Trinajstić information content (AvgIpc) is 3.30. The maximum absolute atomic E-state index is 12.8. The molecule has 24 heavy (non-hydrogen) atoms. The Morgan fingerprint density at radius 1 is 1.00 bits per heavy atom. The molecule has 6 heteroatoms. The van der Waals surface area contributed by atoms with Crippen LogP contribution in [0.15, 0.2) is 0 Å². The van der Waals surface area contributed by atoms with Crippen molar-refractivity contribution in [3.8, 4) is 0 Å². The highest BCUT2D eigenvalue weighted by Gasteiger charge is 2.55. The van der Waals surface area contributed by atoms with E-state index in [1.807, 2.05) is 4.90 Å². The Morgan fingerprint density at radius 2 is 1.67 bits per heavy atom. The van der Waals surface area contributed by atoms with Crippen LogP contribution >= 0.6 is 0 Å². The molecule has 0 aromatic carbocycles. The van der Waals surface area contributed by atoms with Crippen LogP contribution in [0.4, 0.5) is 0 Å². The highest BCUT2D eigenvalue weighted by atomic mass is 16.4. The van der Waals surface area contributed by atoms with Crippen molar-refractivity contribution < 1.29 is 19.5 Å². The van der Waals surface area contributed by atoms with Crippen molar-refractivity contribution in [2.75, 3.05) is 19.6 Å². The van der Waals surface area contributed by atoms with E-state index in [-0.39, 0.29) is 24.4 Å². The van der Waals surface area contributed by atoms with Crippen molar-refractivity contribution >= 4 is 17.8 Å². The van der Waals surface area contributed by atoms with E-state index in [1.54, 1.807) is 0 Å². The van der Waals surface area contributed by atoms with Crippen LogP contribution in [0.2, 0.25) is 0 Å². The summed E-state index contributed by atoms with van der Waals surface area (Å²) in [4.78, 5) is 39.0.